The summed E-state index contributed by atoms with van der Waals surface area (Å²) in [7, 11) is 0. The highest BCUT2D eigenvalue weighted by Gasteiger charge is 2.24. The van der Waals surface area contributed by atoms with E-state index in [4.69, 9.17) is 4.98 Å². The fourth-order valence-corrected chi connectivity index (χ4v) is 3.66. The molecule has 3 heterocycles. The lowest BCUT2D eigenvalue weighted by molar-refractivity contribution is -0.128. The fourth-order valence-electron chi connectivity index (χ4n) is 3.66. The summed E-state index contributed by atoms with van der Waals surface area (Å²) in [5, 5.41) is 3.44. The van der Waals surface area contributed by atoms with Crippen molar-refractivity contribution in [1.82, 2.24) is 24.4 Å². The van der Waals surface area contributed by atoms with Crippen LogP contribution in [0.1, 0.15) is 17.1 Å². The van der Waals surface area contributed by atoms with E-state index < -0.39 is 0 Å². The molecule has 0 atom stereocenters. The number of fused-ring (bicyclic) bond motifs is 1. The molecule has 0 fully saturated rings. The number of aryl methyl sites for hydroxylation is 1. The third-order valence-corrected chi connectivity index (χ3v) is 5.42. The van der Waals surface area contributed by atoms with E-state index in [0.717, 1.165) is 22.6 Å². The van der Waals surface area contributed by atoms with Gasteiger partial charge < -0.3 is 10.2 Å². The van der Waals surface area contributed by atoms with Gasteiger partial charge in [-0.15, -0.1) is 0 Å². The van der Waals surface area contributed by atoms with Gasteiger partial charge in [0, 0.05) is 29.8 Å². The molecule has 1 aliphatic heterocycles. The highest BCUT2D eigenvalue weighted by Crippen LogP contribution is 2.33. The van der Waals surface area contributed by atoms with Crippen molar-refractivity contribution in [3.05, 3.63) is 96.2 Å². The maximum Gasteiger partial charge on any atom is 0.233 e. The van der Waals surface area contributed by atoms with Gasteiger partial charge in [0.2, 0.25) is 5.91 Å². The van der Waals surface area contributed by atoms with Gasteiger partial charge in [-0.05, 0) is 49.4 Å². The Kier molecular flexibility index (Phi) is 5.40. The highest BCUT2D eigenvalue weighted by atomic mass is 19.1. The molecule has 7 nitrogen and oxygen atoms in total. The van der Waals surface area contributed by atoms with Crippen molar-refractivity contribution in [3.8, 4) is 11.3 Å². The van der Waals surface area contributed by atoms with Crippen LogP contribution in [0.4, 0.5) is 15.9 Å². The van der Waals surface area contributed by atoms with Gasteiger partial charge >= 0.3 is 0 Å². The van der Waals surface area contributed by atoms with Gasteiger partial charge in [0.25, 0.3) is 0 Å². The van der Waals surface area contributed by atoms with Crippen molar-refractivity contribution in [1.29, 1.82) is 0 Å². The van der Waals surface area contributed by atoms with E-state index in [1.165, 1.54) is 18.5 Å². The maximum atomic E-state index is 13.5. The zero-order valence-electron chi connectivity index (χ0n) is 17.9. The zero-order valence-corrected chi connectivity index (χ0v) is 17.9. The quantitative estimate of drug-likeness (QED) is 0.493. The lowest BCUT2D eigenvalue weighted by atomic mass is 10.1. The Hall–Kier alpha value is -4.33. The minimum absolute atomic E-state index is 0.0874. The van der Waals surface area contributed by atoms with Crippen LogP contribution in [0.15, 0.2) is 73.3 Å². The molecule has 1 amide bonds. The van der Waals surface area contributed by atoms with E-state index in [2.05, 4.69) is 15.3 Å². The molecule has 2 aromatic heterocycles. The van der Waals surface area contributed by atoms with Crippen LogP contribution in [0.3, 0.4) is 0 Å². The third-order valence-electron chi connectivity index (χ3n) is 5.42. The van der Waals surface area contributed by atoms with E-state index in [0.29, 0.717) is 23.8 Å². The number of aromatic nitrogens is 4. The number of rotatable bonds is 5. The Balaban J connectivity index is 1.48. The van der Waals surface area contributed by atoms with Gasteiger partial charge in [0.05, 0.1) is 18.7 Å². The minimum atomic E-state index is -0.308. The Bertz CT molecular complexity index is 1310. The van der Waals surface area contributed by atoms with Crippen LogP contribution in [-0.2, 0) is 17.8 Å². The number of hydrogen-bond acceptors (Lipinski definition) is 5. The van der Waals surface area contributed by atoms with Crippen molar-refractivity contribution in [3.63, 3.8) is 0 Å². The molecule has 8 heteroatoms. The summed E-state index contributed by atoms with van der Waals surface area (Å²) >= 11 is 0. The minimum Gasteiger partial charge on any atom is -0.339 e. The Morgan fingerprint density at radius 3 is 2.58 bits per heavy atom. The molecule has 2 aromatic carbocycles. The van der Waals surface area contributed by atoms with Crippen LogP contribution in [0.5, 0.6) is 0 Å². The molecular formula is C25H21FN6O. The lowest BCUT2D eigenvalue weighted by Gasteiger charge is -2.23. The predicted octanol–water partition coefficient (Wildman–Crippen LogP) is 4.54. The van der Waals surface area contributed by atoms with Gasteiger partial charge in [-0.3, -0.25) is 9.36 Å². The number of carbonyl (C=O) groups excluding carboxylic acids is 1. The van der Waals surface area contributed by atoms with Crippen LogP contribution in [-0.4, -0.2) is 30.3 Å². The van der Waals surface area contributed by atoms with Crippen LogP contribution in [0.2, 0.25) is 0 Å². The molecule has 0 saturated heterocycles. The van der Waals surface area contributed by atoms with Gasteiger partial charge in [-0.25, -0.2) is 19.3 Å². The monoisotopic (exact) mass is 440 g/mol. The SMILES string of the molecule is Cc1ccc(Nc2c(-c3ccc(F)cc3)nc3n2C=CN(C(=O)Cc2ccncn2)C3)cc1. The number of anilines is 2. The summed E-state index contributed by atoms with van der Waals surface area (Å²) in [5.74, 6) is 1.05. The summed E-state index contributed by atoms with van der Waals surface area (Å²) in [6.45, 7) is 2.34. The maximum absolute atomic E-state index is 13.5. The smallest absolute Gasteiger partial charge is 0.233 e. The van der Waals surface area contributed by atoms with Crippen LogP contribution in [0.25, 0.3) is 17.5 Å². The zero-order chi connectivity index (χ0) is 22.8. The predicted molar refractivity (Wildman–Crippen MR) is 124 cm³/mol. The molecule has 0 bridgehead atoms. The molecular weight excluding hydrogens is 419 g/mol. The van der Waals surface area contributed by atoms with E-state index in [-0.39, 0.29) is 18.1 Å². The van der Waals surface area contributed by atoms with Crippen molar-refractivity contribution in [2.75, 3.05) is 5.32 Å². The Morgan fingerprint density at radius 2 is 1.85 bits per heavy atom. The first kappa shape index (κ1) is 20.6. The van der Waals surface area contributed by atoms with E-state index >= 15 is 0 Å². The molecule has 33 heavy (non-hydrogen) atoms. The number of amides is 1. The van der Waals surface area contributed by atoms with Crippen LogP contribution >= 0.6 is 0 Å². The van der Waals surface area contributed by atoms with Gasteiger partial charge in [-0.2, -0.15) is 0 Å². The number of nitrogens with one attached hydrogen (secondary N) is 1. The Labute approximate surface area is 190 Å². The van der Waals surface area contributed by atoms with Crippen LogP contribution < -0.4 is 5.32 Å². The average Bonchev–Trinajstić information content (AvgIpc) is 3.19. The second-order valence-electron chi connectivity index (χ2n) is 7.79. The molecule has 164 valence electrons. The van der Waals surface area contributed by atoms with E-state index in [1.54, 1.807) is 35.5 Å². The molecule has 1 aliphatic rings. The van der Waals surface area contributed by atoms with Crippen molar-refractivity contribution in [2.45, 2.75) is 19.9 Å². The molecule has 5 rings (SSSR count). The van der Waals surface area contributed by atoms with Crippen LogP contribution in [0, 0.1) is 12.7 Å². The normalized spacial score (nSPS) is 12.5. The number of halogens is 1. The second-order valence-corrected chi connectivity index (χ2v) is 7.79. The number of nitrogens with zero attached hydrogens (tertiary/aromatic N) is 5. The van der Waals surface area contributed by atoms with E-state index in [9.17, 15) is 9.18 Å². The summed E-state index contributed by atoms with van der Waals surface area (Å²) in [6, 6.07) is 16.0. The number of carbonyl (C=O) groups is 1. The Morgan fingerprint density at radius 1 is 1.06 bits per heavy atom. The third kappa shape index (κ3) is 4.36. The first-order chi connectivity index (χ1) is 16.1. The van der Waals surface area contributed by atoms with Crippen molar-refractivity contribution in [2.24, 2.45) is 0 Å². The van der Waals surface area contributed by atoms with Crippen molar-refractivity contribution < 1.29 is 9.18 Å². The van der Waals surface area contributed by atoms with Gasteiger partial charge in [0.1, 0.15) is 29.5 Å². The molecule has 4 aromatic rings. The fraction of sp³-hybridized carbons (Fsp3) is 0.120. The number of hydrogen-bond donors (Lipinski definition) is 1. The number of benzene rings is 2. The lowest BCUT2D eigenvalue weighted by Crippen LogP contribution is -2.30. The van der Waals surface area contributed by atoms with Gasteiger partial charge in [-0.1, -0.05) is 17.7 Å². The largest absolute Gasteiger partial charge is 0.339 e. The summed E-state index contributed by atoms with van der Waals surface area (Å²) in [4.78, 5) is 27.3. The summed E-state index contributed by atoms with van der Waals surface area (Å²) in [6.07, 6.45) is 6.78. The topological polar surface area (TPSA) is 75.9 Å². The standard InChI is InChI=1S/C25H21FN6O/c1-17-2-8-20(9-3-17)29-25-24(18-4-6-19(26)7-5-18)30-22-15-31(12-13-32(22)25)23(33)14-21-10-11-27-16-28-21/h2-13,16,29H,14-15H2,1H3. The summed E-state index contributed by atoms with van der Waals surface area (Å²) < 4.78 is 15.5. The van der Waals surface area contributed by atoms with Gasteiger partial charge in [0.15, 0.2) is 0 Å². The first-order valence-electron chi connectivity index (χ1n) is 10.5. The second kappa shape index (κ2) is 8.66. The molecule has 0 unspecified atom stereocenters. The average molecular weight is 440 g/mol. The molecule has 0 saturated carbocycles. The number of imidazole rings is 1. The van der Waals surface area contributed by atoms with Crippen molar-refractivity contribution >= 4 is 23.6 Å². The van der Waals surface area contributed by atoms with E-state index in [1.807, 2.05) is 42.0 Å². The molecule has 0 radical (unpaired) electrons. The first-order valence-corrected chi connectivity index (χ1v) is 10.5. The molecule has 0 spiro atoms. The molecule has 0 aliphatic carbocycles. The highest BCUT2D eigenvalue weighted by molar-refractivity contribution is 5.82. The molecule has 1 N–H and O–H groups in total. The summed E-state index contributed by atoms with van der Waals surface area (Å²) in [5.41, 5.74) is 4.18.